The lowest BCUT2D eigenvalue weighted by molar-refractivity contribution is -0.139. The molecule has 3 saturated heterocycles. The number of rotatable bonds is 10. The summed E-state index contributed by atoms with van der Waals surface area (Å²) < 4.78 is 16.7. The van der Waals surface area contributed by atoms with Gasteiger partial charge in [0.2, 0.25) is 5.91 Å². The SMILES string of the molecule is CCO[C@H]1CN(C(=O)[C@H](CC(C)(C)C)NC(=O)c2ccc(N3CCN(CCOC)CC3)cc2)[C@@H]2C(=O)CO[C@H]12. The molecule has 3 aliphatic heterocycles. The molecule has 0 bridgehead atoms. The van der Waals surface area contributed by atoms with E-state index in [0.29, 0.717) is 18.6 Å². The van der Waals surface area contributed by atoms with Crippen molar-refractivity contribution in [1.82, 2.24) is 15.1 Å². The smallest absolute Gasteiger partial charge is 0.251 e. The molecule has 3 aliphatic rings. The Hall–Kier alpha value is -2.53. The molecule has 39 heavy (non-hydrogen) atoms. The van der Waals surface area contributed by atoms with Crippen LogP contribution in [-0.4, -0.2) is 118 Å². The largest absolute Gasteiger partial charge is 0.383 e. The number of hydrogen-bond donors (Lipinski definition) is 1. The number of nitrogens with zero attached hydrogens (tertiary/aromatic N) is 3. The number of amides is 2. The summed E-state index contributed by atoms with van der Waals surface area (Å²) in [6, 6.07) is 6.12. The summed E-state index contributed by atoms with van der Waals surface area (Å²) in [5.74, 6) is -0.691. The third-order valence-corrected chi connectivity index (χ3v) is 7.70. The third-order valence-electron chi connectivity index (χ3n) is 7.70. The van der Waals surface area contributed by atoms with Crippen LogP contribution in [0.5, 0.6) is 0 Å². The minimum atomic E-state index is -0.771. The Morgan fingerprint density at radius 3 is 2.44 bits per heavy atom. The molecule has 4 atom stereocenters. The number of fused-ring (bicyclic) bond motifs is 1. The summed E-state index contributed by atoms with van der Waals surface area (Å²) in [4.78, 5) is 46.0. The fourth-order valence-corrected chi connectivity index (χ4v) is 5.73. The Kier molecular flexibility index (Phi) is 9.64. The van der Waals surface area contributed by atoms with Crippen LogP contribution in [-0.2, 0) is 23.8 Å². The first-order valence-corrected chi connectivity index (χ1v) is 14.0. The molecule has 0 unspecified atom stereocenters. The molecule has 1 aromatic rings. The molecule has 0 saturated carbocycles. The maximum Gasteiger partial charge on any atom is 0.251 e. The highest BCUT2D eigenvalue weighted by atomic mass is 16.6. The van der Waals surface area contributed by atoms with Crippen molar-refractivity contribution in [2.45, 2.75) is 58.4 Å². The first-order valence-electron chi connectivity index (χ1n) is 14.0. The lowest BCUT2D eigenvalue weighted by Crippen LogP contribution is -2.53. The molecule has 10 nitrogen and oxygen atoms in total. The van der Waals surface area contributed by atoms with Gasteiger partial charge in [0.25, 0.3) is 5.91 Å². The van der Waals surface area contributed by atoms with Gasteiger partial charge in [-0.1, -0.05) is 20.8 Å². The molecule has 10 heteroatoms. The number of carbonyl (C=O) groups is 3. The van der Waals surface area contributed by atoms with Gasteiger partial charge in [0.1, 0.15) is 30.9 Å². The van der Waals surface area contributed by atoms with E-state index in [-0.39, 0.29) is 42.3 Å². The summed E-state index contributed by atoms with van der Waals surface area (Å²) >= 11 is 0. The standard InChI is InChI=1S/C29H44N4O6/c1-6-38-24-18-33(25-23(34)19-39-26(24)25)28(36)22(17-29(2,3)4)30-27(35)20-7-9-21(10-8-20)32-13-11-31(12-14-32)15-16-37-5/h7-10,22,24-26H,6,11-19H2,1-5H3,(H,30,35)/t22-,24-,25+,26+/m0/s1. The lowest BCUT2D eigenvalue weighted by Gasteiger charge is -2.36. The molecule has 1 N–H and O–H groups in total. The van der Waals surface area contributed by atoms with Crippen LogP contribution in [0.15, 0.2) is 24.3 Å². The molecule has 4 rings (SSSR count). The second-order valence-electron chi connectivity index (χ2n) is 11.8. The monoisotopic (exact) mass is 544 g/mol. The minimum Gasteiger partial charge on any atom is -0.383 e. The highest BCUT2D eigenvalue weighted by Gasteiger charge is 2.53. The average molecular weight is 545 g/mol. The molecule has 0 aromatic heterocycles. The number of piperazine rings is 1. The van der Waals surface area contributed by atoms with Crippen LogP contribution in [0.3, 0.4) is 0 Å². The van der Waals surface area contributed by atoms with Crippen molar-refractivity contribution >= 4 is 23.3 Å². The number of methoxy groups -OCH3 is 1. The highest BCUT2D eigenvalue weighted by Crippen LogP contribution is 2.31. The van der Waals surface area contributed by atoms with Crippen LogP contribution in [0.1, 0.15) is 44.5 Å². The molecule has 3 heterocycles. The van der Waals surface area contributed by atoms with Crippen molar-refractivity contribution in [3.63, 3.8) is 0 Å². The number of anilines is 1. The topological polar surface area (TPSA) is 101 Å². The first-order chi connectivity index (χ1) is 18.6. The molecule has 0 radical (unpaired) electrons. The molecule has 1 aromatic carbocycles. The minimum absolute atomic E-state index is 0.0203. The zero-order valence-corrected chi connectivity index (χ0v) is 24.0. The van der Waals surface area contributed by atoms with E-state index in [1.165, 1.54) is 0 Å². The van der Waals surface area contributed by atoms with E-state index in [4.69, 9.17) is 14.2 Å². The van der Waals surface area contributed by atoms with Gasteiger partial charge in [0, 0.05) is 57.7 Å². The van der Waals surface area contributed by atoms with Crippen molar-refractivity contribution in [3.05, 3.63) is 29.8 Å². The Morgan fingerprint density at radius 2 is 1.82 bits per heavy atom. The Labute approximate surface area is 231 Å². The van der Waals surface area contributed by atoms with Gasteiger partial charge in [-0.05, 0) is 43.0 Å². The predicted octanol–water partition coefficient (Wildman–Crippen LogP) is 1.57. The number of Topliss-reactive ketones (excluding diaryl/α,β-unsaturated/α-hetero) is 1. The van der Waals surface area contributed by atoms with Gasteiger partial charge in [-0.25, -0.2) is 0 Å². The van der Waals surface area contributed by atoms with E-state index in [0.717, 1.165) is 45.0 Å². The van der Waals surface area contributed by atoms with Gasteiger partial charge >= 0.3 is 0 Å². The van der Waals surface area contributed by atoms with Crippen LogP contribution in [0.25, 0.3) is 0 Å². The Morgan fingerprint density at radius 1 is 1.13 bits per heavy atom. The van der Waals surface area contributed by atoms with Crippen LogP contribution >= 0.6 is 0 Å². The maximum absolute atomic E-state index is 13.8. The fraction of sp³-hybridized carbons (Fsp3) is 0.690. The van der Waals surface area contributed by atoms with Crippen molar-refractivity contribution in [1.29, 1.82) is 0 Å². The van der Waals surface area contributed by atoms with Gasteiger partial charge in [0.15, 0.2) is 5.78 Å². The zero-order valence-electron chi connectivity index (χ0n) is 24.0. The first kappa shape index (κ1) is 29.5. The van der Waals surface area contributed by atoms with E-state index < -0.39 is 18.2 Å². The second-order valence-corrected chi connectivity index (χ2v) is 11.8. The number of ether oxygens (including phenoxy) is 3. The lowest BCUT2D eigenvalue weighted by atomic mass is 9.87. The second kappa shape index (κ2) is 12.8. The molecule has 0 aliphatic carbocycles. The van der Waals surface area contributed by atoms with Gasteiger partial charge in [-0.3, -0.25) is 19.3 Å². The van der Waals surface area contributed by atoms with Crippen LogP contribution in [0, 0.1) is 5.41 Å². The van der Waals surface area contributed by atoms with E-state index >= 15 is 0 Å². The van der Waals surface area contributed by atoms with Crippen molar-refractivity contribution < 1.29 is 28.6 Å². The molecular formula is C29H44N4O6. The zero-order chi connectivity index (χ0) is 28.2. The van der Waals surface area contributed by atoms with E-state index in [1.807, 2.05) is 52.0 Å². The van der Waals surface area contributed by atoms with Crippen LogP contribution < -0.4 is 10.2 Å². The summed E-state index contributed by atoms with van der Waals surface area (Å²) in [7, 11) is 1.72. The summed E-state index contributed by atoms with van der Waals surface area (Å²) in [5.41, 5.74) is 1.35. The summed E-state index contributed by atoms with van der Waals surface area (Å²) in [5, 5.41) is 2.98. The Balaban J connectivity index is 1.42. The number of nitrogens with one attached hydrogen (secondary N) is 1. The molecule has 2 amide bonds. The third kappa shape index (κ3) is 7.16. The fourth-order valence-electron chi connectivity index (χ4n) is 5.73. The quantitative estimate of drug-likeness (QED) is 0.474. The summed E-state index contributed by atoms with van der Waals surface area (Å²) in [6.07, 6.45) is -0.372. The van der Waals surface area contributed by atoms with Crippen molar-refractivity contribution in [3.8, 4) is 0 Å². The predicted molar refractivity (Wildman–Crippen MR) is 148 cm³/mol. The maximum atomic E-state index is 13.8. The molecule has 0 spiro atoms. The number of benzene rings is 1. The van der Waals surface area contributed by atoms with E-state index in [9.17, 15) is 14.4 Å². The Bertz CT molecular complexity index is 1000. The summed E-state index contributed by atoms with van der Waals surface area (Å²) in [6.45, 7) is 14.1. The van der Waals surface area contributed by atoms with Gasteiger partial charge in [-0.2, -0.15) is 0 Å². The normalized spacial score (nSPS) is 24.6. The van der Waals surface area contributed by atoms with E-state index in [2.05, 4.69) is 15.1 Å². The molecule has 3 fully saturated rings. The molecule has 216 valence electrons. The van der Waals surface area contributed by atoms with Crippen molar-refractivity contribution in [2.24, 2.45) is 5.41 Å². The molecular weight excluding hydrogens is 500 g/mol. The van der Waals surface area contributed by atoms with Gasteiger partial charge in [-0.15, -0.1) is 0 Å². The number of hydrogen-bond acceptors (Lipinski definition) is 8. The van der Waals surface area contributed by atoms with E-state index in [1.54, 1.807) is 12.0 Å². The number of likely N-dealkylation sites (tertiary alicyclic amines) is 1. The van der Waals surface area contributed by atoms with Crippen LogP contribution in [0.4, 0.5) is 5.69 Å². The van der Waals surface area contributed by atoms with Gasteiger partial charge < -0.3 is 29.3 Å². The van der Waals surface area contributed by atoms with Gasteiger partial charge in [0.05, 0.1) is 13.2 Å². The average Bonchev–Trinajstić information content (AvgIpc) is 3.47. The number of ketones is 1. The van der Waals surface area contributed by atoms with Crippen molar-refractivity contribution in [2.75, 3.05) is 71.1 Å². The number of carbonyl (C=O) groups excluding carboxylic acids is 3. The van der Waals surface area contributed by atoms with Crippen LogP contribution in [0.2, 0.25) is 0 Å². The highest BCUT2D eigenvalue weighted by molar-refractivity contribution is 5.99.